The number of fused-ring (bicyclic) bond motifs is 1. The van der Waals surface area contributed by atoms with Crippen molar-refractivity contribution in [1.29, 1.82) is 0 Å². The molecule has 0 spiro atoms. The smallest absolute Gasteiger partial charge is 0.331 e. The van der Waals surface area contributed by atoms with Gasteiger partial charge in [-0.15, -0.1) is 0 Å². The molecule has 0 unspecified atom stereocenters. The van der Waals surface area contributed by atoms with Crippen LogP contribution < -0.4 is 11.2 Å². The molecule has 3 rings (SSSR count). The van der Waals surface area contributed by atoms with Crippen LogP contribution in [0.4, 0.5) is 0 Å². The Morgan fingerprint density at radius 1 is 1.14 bits per heavy atom. The van der Waals surface area contributed by atoms with Crippen molar-refractivity contribution in [2.45, 2.75) is 46.2 Å². The van der Waals surface area contributed by atoms with Crippen molar-refractivity contribution in [3.05, 3.63) is 45.1 Å². The Kier molecular flexibility index (Phi) is 6.51. The van der Waals surface area contributed by atoms with Crippen LogP contribution in [0, 0.1) is 5.92 Å². The number of ether oxygens (including phenoxy) is 1. The number of esters is 1. The molecule has 1 aromatic heterocycles. The fourth-order valence-electron chi connectivity index (χ4n) is 3.43. The van der Waals surface area contributed by atoms with Crippen molar-refractivity contribution >= 4 is 22.8 Å². The number of nitrogens with zero attached hydrogens (tertiary/aromatic N) is 3. The first-order valence-corrected chi connectivity index (χ1v) is 10.1. The van der Waals surface area contributed by atoms with Gasteiger partial charge in [0.25, 0.3) is 5.56 Å². The number of carbonyl (C=O) groups excluding carboxylic acids is 2. The summed E-state index contributed by atoms with van der Waals surface area (Å²) in [6.45, 7) is 4.65. The second-order valence-corrected chi connectivity index (χ2v) is 7.27. The molecule has 1 fully saturated rings. The molecular weight excluding hydrogens is 374 g/mol. The lowest BCUT2D eigenvalue weighted by molar-refractivity contribution is -0.144. The van der Waals surface area contributed by atoms with Crippen molar-refractivity contribution in [3.8, 4) is 0 Å². The molecule has 0 saturated heterocycles. The number of rotatable bonds is 9. The van der Waals surface area contributed by atoms with Gasteiger partial charge in [-0.05, 0) is 44.7 Å². The Balaban J connectivity index is 1.89. The summed E-state index contributed by atoms with van der Waals surface area (Å²) in [4.78, 5) is 51.8. The van der Waals surface area contributed by atoms with Gasteiger partial charge in [-0.2, -0.15) is 0 Å². The maximum absolute atomic E-state index is 13.1. The van der Waals surface area contributed by atoms with Crippen molar-refractivity contribution < 1.29 is 14.3 Å². The van der Waals surface area contributed by atoms with E-state index in [9.17, 15) is 19.2 Å². The van der Waals surface area contributed by atoms with Crippen LogP contribution in [0.1, 0.15) is 33.1 Å². The lowest BCUT2D eigenvalue weighted by Gasteiger charge is -2.23. The number of benzene rings is 1. The standard InChI is InChI=1S/C21H27N3O5/c1-3-23-20(27)16-7-5-6-8-17(16)24(21(23)28)14-18(25)22(13-15-9-10-15)12-11-19(26)29-4-2/h5-8,15H,3-4,9-14H2,1-2H3. The third-order valence-electron chi connectivity index (χ3n) is 5.16. The van der Waals surface area contributed by atoms with Gasteiger partial charge in [-0.25, -0.2) is 4.79 Å². The minimum absolute atomic E-state index is 0.121. The molecule has 0 bridgehead atoms. The Morgan fingerprint density at radius 2 is 1.86 bits per heavy atom. The van der Waals surface area contributed by atoms with E-state index in [1.54, 1.807) is 43.0 Å². The van der Waals surface area contributed by atoms with Gasteiger partial charge in [0.15, 0.2) is 0 Å². The molecule has 2 aromatic rings. The van der Waals surface area contributed by atoms with E-state index >= 15 is 0 Å². The molecule has 1 heterocycles. The summed E-state index contributed by atoms with van der Waals surface area (Å²) in [5, 5.41) is 0.405. The molecule has 8 nitrogen and oxygen atoms in total. The Bertz CT molecular complexity index is 1020. The zero-order chi connectivity index (χ0) is 21.0. The first-order valence-electron chi connectivity index (χ1n) is 10.1. The highest BCUT2D eigenvalue weighted by atomic mass is 16.5. The summed E-state index contributed by atoms with van der Waals surface area (Å²) in [6, 6.07) is 6.81. The van der Waals surface area contributed by atoms with E-state index in [1.165, 1.54) is 4.57 Å². The maximum atomic E-state index is 13.1. The Hall–Kier alpha value is -2.90. The summed E-state index contributed by atoms with van der Waals surface area (Å²) >= 11 is 0. The van der Waals surface area contributed by atoms with Crippen LogP contribution in [-0.2, 0) is 27.4 Å². The monoisotopic (exact) mass is 401 g/mol. The maximum Gasteiger partial charge on any atom is 0.331 e. The van der Waals surface area contributed by atoms with Gasteiger partial charge >= 0.3 is 11.7 Å². The number of aromatic nitrogens is 2. The molecule has 1 aromatic carbocycles. The molecule has 1 aliphatic rings. The zero-order valence-electron chi connectivity index (χ0n) is 16.9. The number of amides is 1. The van der Waals surface area contributed by atoms with E-state index in [1.807, 2.05) is 0 Å². The van der Waals surface area contributed by atoms with E-state index < -0.39 is 5.69 Å². The normalized spacial score (nSPS) is 13.4. The molecule has 0 N–H and O–H groups in total. The second-order valence-electron chi connectivity index (χ2n) is 7.27. The predicted molar refractivity (Wildman–Crippen MR) is 109 cm³/mol. The highest BCUT2D eigenvalue weighted by Gasteiger charge is 2.28. The average molecular weight is 401 g/mol. The van der Waals surface area contributed by atoms with Gasteiger partial charge in [-0.1, -0.05) is 12.1 Å². The van der Waals surface area contributed by atoms with Gasteiger partial charge in [0.1, 0.15) is 6.54 Å². The van der Waals surface area contributed by atoms with Crippen LogP contribution in [0.3, 0.4) is 0 Å². The Morgan fingerprint density at radius 3 is 2.52 bits per heavy atom. The van der Waals surface area contributed by atoms with Crippen LogP contribution in [0.2, 0.25) is 0 Å². The molecule has 1 aliphatic carbocycles. The first-order chi connectivity index (χ1) is 14.0. The number of para-hydroxylation sites is 1. The van der Waals surface area contributed by atoms with Gasteiger partial charge in [-0.3, -0.25) is 23.5 Å². The third kappa shape index (κ3) is 4.75. The van der Waals surface area contributed by atoms with Crippen LogP contribution in [-0.4, -0.2) is 45.6 Å². The molecule has 1 amide bonds. The molecule has 0 atom stereocenters. The highest BCUT2D eigenvalue weighted by molar-refractivity contribution is 5.82. The summed E-state index contributed by atoms with van der Waals surface area (Å²) in [6.07, 6.45) is 2.25. The summed E-state index contributed by atoms with van der Waals surface area (Å²) in [5.41, 5.74) is -0.410. The van der Waals surface area contributed by atoms with Crippen molar-refractivity contribution in [1.82, 2.24) is 14.0 Å². The molecule has 0 aliphatic heterocycles. The second kappa shape index (κ2) is 9.07. The van der Waals surface area contributed by atoms with Crippen LogP contribution in [0.25, 0.3) is 10.9 Å². The molecular formula is C21H27N3O5. The molecule has 29 heavy (non-hydrogen) atoms. The van der Waals surface area contributed by atoms with E-state index in [-0.39, 0.29) is 43.5 Å². The Labute approximate surface area is 168 Å². The summed E-state index contributed by atoms with van der Waals surface area (Å²) in [7, 11) is 0. The van der Waals surface area contributed by atoms with Gasteiger partial charge in [0.2, 0.25) is 5.91 Å². The van der Waals surface area contributed by atoms with Gasteiger partial charge in [0.05, 0.1) is 23.9 Å². The topological polar surface area (TPSA) is 90.6 Å². The van der Waals surface area contributed by atoms with Gasteiger partial charge < -0.3 is 9.64 Å². The minimum atomic E-state index is -0.499. The quantitative estimate of drug-likeness (QED) is 0.592. The lowest BCUT2D eigenvalue weighted by atomic mass is 10.2. The molecule has 156 valence electrons. The van der Waals surface area contributed by atoms with E-state index in [4.69, 9.17) is 4.74 Å². The third-order valence-corrected chi connectivity index (χ3v) is 5.16. The summed E-state index contributed by atoms with van der Waals surface area (Å²) in [5.74, 6) is -0.141. The lowest BCUT2D eigenvalue weighted by Crippen LogP contribution is -2.44. The van der Waals surface area contributed by atoms with Crippen molar-refractivity contribution in [2.24, 2.45) is 5.92 Å². The first kappa shape index (κ1) is 20.8. The summed E-state index contributed by atoms with van der Waals surface area (Å²) < 4.78 is 7.45. The molecule has 0 radical (unpaired) electrons. The zero-order valence-corrected chi connectivity index (χ0v) is 16.9. The fourth-order valence-corrected chi connectivity index (χ4v) is 3.43. The molecule has 8 heteroatoms. The number of carbonyl (C=O) groups is 2. The highest BCUT2D eigenvalue weighted by Crippen LogP contribution is 2.29. The number of hydrogen-bond acceptors (Lipinski definition) is 5. The SMILES string of the molecule is CCOC(=O)CCN(CC1CC1)C(=O)Cn1c(=O)n(CC)c(=O)c2ccccc21. The van der Waals surface area contributed by atoms with Gasteiger partial charge in [0, 0.05) is 19.6 Å². The molecule has 1 saturated carbocycles. The van der Waals surface area contributed by atoms with E-state index in [0.717, 1.165) is 17.4 Å². The van der Waals surface area contributed by atoms with Crippen LogP contribution >= 0.6 is 0 Å². The number of hydrogen-bond donors (Lipinski definition) is 0. The van der Waals surface area contributed by atoms with Crippen molar-refractivity contribution in [3.63, 3.8) is 0 Å². The van der Waals surface area contributed by atoms with E-state index in [2.05, 4.69) is 0 Å². The predicted octanol–water partition coefficient (Wildman–Crippen LogP) is 1.37. The average Bonchev–Trinajstić information content (AvgIpc) is 3.53. The van der Waals surface area contributed by atoms with Crippen LogP contribution in [0.5, 0.6) is 0 Å². The largest absolute Gasteiger partial charge is 0.466 e. The van der Waals surface area contributed by atoms with Crippen molar-refractivity contribution in [2.75, 3.05) is 19.7 Å². The van der Waals surface area contributed by atoms with Crippen LogP contribution in [0.15, 0.2) is 33.9 Å². The van der Waals surface area contributed by atoms with E-state index in [0.29, 0.717) is 30.0 Å². The fraction of sp³-hybridized carbons (Fsp3) is 0.524. The minimum Gasteiger partial charge on any atom is -0.466 e.